The van der Waals surface area contributed by atoms with E-state index in [-0.39, 0.29) is 0 Å². The van der Waals surface area contributed by atoms with E-state index in [1.807, 2.05) is 48.2 Å². The molecule has 3 nitrogen and oxygen atoms in total. The fraction of sp³-hybridized carbons (Fsp3) is 0.333. The molecular weight excluding hydrogens is 386 g/mol. The lowest BCUT2D eigenvalue weighted by atomic mass is 10.1. The van der Waals surface area contributed by atoms with E-state index in [0.717, 1.165) is 21.2 Å². The molecule has 108 valence electrons. The number of anilines is 1. The Morgan fingerprint density at radius 2 is 2.05 bits per heavy atom. The van der Waals surface area contributed by atoms with E-state index in [0.29, 0.717) is 18.9 Å². The smallest absolute Gasteiger partial charge is 0.165 e. The van der Waals surface area contributed by atoms with E-state index in [4.69, 9.17) is 4.74 Å². The molecule has 0 aliphatic carbocycles. The summed E-state index contributed by atoms with van der Waals surface area (Å²) in [4.78, 5) is 2.03. The average molecular weight is 403 g/mol. The molecule has 0 amide bonds. The van der Waals surface area contributed by atoms with E-state index in [9.17, 15) is 5.11 Å². The Balaban J connectivity index is 2.30. The summed E-state index contributed by atoms with van der Waals surface area (Å²) in [6.07, 6.45) is 2.94. The Kier molecular flexibility index (Phi) is 5.69. The highest BCUT2D eigenvalue weighted by Crippen LogP contribution is 2.32. The molecule has 0 radical (unpaired) electrons. The largest absolute Gasteiger partial charge is 0.474 e. The van der Waals surface area contributed by atoms with Crippen molar-refractivity contribution in [2.24, 2.45) is 0 Å². The third-order valence-electron chi connectivity index (χ3n) is 3.08. The van der Waals surface area contributed by atoms with Crippen LogP contribution in [0, 0.1) is 0 Å². The van der Waals surface area contributed by atoms with Crippen molar-refractivity contribution >= 4 is 37.5 Å². The zero-order chi connectivity index (χ0) is 14.5. The standard InChI is InChI=1S/C15H17Br2NO2/c1-2-6-13(19)14-9-12(15(16)17)18(10-20-14)11-7-4-3-5-8-11/h3-5,7-9,13,19H,2,6,10H2,1H3. The van der Waals surface area contributed by atoms with Crippen LogP contribution in [0.3, 0.4) is 0 Å². The molecule has 1 N–H and O–H groups in total. The summed E-state index contributed by atoms with van der Waals surface area (Å²) in [5.74, 6) is 0.616. The molecule has 1 unspecified atom stereocenters. The van der Waals surface area contributed by atoms with Crippen LogP contribution in [0.1, 0.15) is 19.8 Å². The normalized spacial score (nSPS) is 16.5. The molecule has 1 aliphatic heterocycles. The van der Waals surface area contributed by atoms with Crippen molar-refractivity contribution in [1.29, 1.82) is 0 Å². The van der Waals surface area contributed by atoms with Gasteiger partial charge in [0.05, 0.1) is 9.09 Å². The minimum Gasteiger partial charge on any atom is -0.474 e. The molecule has 0 aromatic heterocycles. The summed E-state index contributed by atoms with van der Waals surface area (Å²) in [5, 5.41) is 10.1. The van der Waals surface area contributed by atoms with Crippen LogP contribution in [-0.2, 0) is 4.74 Å². The second-order valence-corrected chi connectivity index (χ2v) is 7.18. The average Bonchev–Trinajstić information content (AvgIpc) is 2.47. The van der Waals surface area contributed by atoms with E-state index in [1.54, 1.807) is 0 Å². The van der Waals surface area contributed by atoms with Gasteiger partial charge in [-0.2, -0.15) is 0 Å². The molecule has 0 saturated carbocycles. The Hall–Kier alpha value is -0.780. The molecule has 0 spiro atoms. The lowest BCUT2D eigenvalue weighted by Gasteiger charge is -2.32. The van der Waals surface area contributed by atoms with Gasteiger partial charge in [-0.05, 0) is 50.4 Å². The summed E-state index contributed by atoms with van der Waals surface area (Å²) in [5.41, 5.74) is 1.98. The molecule has 2 rings (SSSR count). The number of benzene rings is 1. The van der Waals surface area contributed by atoms with Gasteiger partial charge in [-0.1, -0.05) is 31.5 Å². The number of hydrogen-bond donors (Lipinski definition) is 1. The maximum atomic E-state index is 10.1. The minimum absolute atomic E-state index is 0.382. The Morgan fingerprint density at radius 3 is 2.65 bits per heavy atom. The highest BCUT2D eigenvalue weighted by atomic mass is 79.9. The first kappa shape index (κ1) is 15.6. The van der Waals surface area contributed by atoms with Crippen LogP contribution in [0.15, 0.2) is 51.3 Å². The number of allylic oxidation sites excluding steroid dienone is 1. The molecule has 0 fully saturated rings. The number of hydrogen-bond acceptors (Lipinski definition) is 3. The van der Waals surface area contributed by atoms with Gasteiger partial charge < -0.3 is 14.7 Å². The highest BCUT2D eigenvalue weighted by Gasteiger charge is 2.23. The molecule has 1 aromatic rings. The fourth-order valence-electron chi connectivity index (χ4n) is 2.05. The van der Waals surface area contributed by atoms with Crippen LogP contribution in [0.5, 0.6) is 0 Å². The van der Waals surface area contributed by atoms with Crippen LogP contribution in [0.25, 0.3) is 0 Å². The van der Waals surface area contributed by atoms with E-state index in [2.05, 4.69) is 31.9 Å². The van der Waals surface area contributed by atoms with Crippen molar-refractivity contribution in [1.82, 2.24) is 0 Å². The van der Waals surface area contributed by atoms with Gasteiger partial charge in [0.2, 0.25) is 0 Å². The number of nitrogens with zero attached hydrogens (tertiary/aromatic N) is 1. The van der Waals surface area contributed by atoms with Crippen molar-refractivity contribution in [2.75, 3.05) is 11.6 Å². The molecule has 1 aliphatic rings. The summed E-state index contributed by atoms with van der Waals surface area (Å²) in [7, 11) is 0. The molecule has 5 heteroatoms. The van der Waals surface area contributed by atoms with Gasteiger partial charge in [0.15, 0.2) is 6.73 Å². The third-order valence-corrected chi connectivity index (χ3v) is 3.89. The Morgan fingerprint density at radius 1 is 1.35 bits per heavy atom. The number of halogens is 2. The van der Waals surface area contributed by atoms with Crippen molar-refractivity contribution in [3.8, 4) is 0 Å². The monoisotopic (exact) mass is 401 g/mol. The predicted octanol–water partition coefficient (Wildman–Crippen LogP) is 4.48. The van der Waals surface area contributed by atoms with Crippen LogP contribution in [-0.4, -0.2) is 17.9 Å². The van der Waals surface area contributed by atoms with Crippen molar-refractivity contribution in [3.05, 3.63) is 51.3 Å². The van der Waals surface area contributed by atoms with Crippen LogP contribution >= 0.6 is 31.9 Å². The SMILES string of the molecule is CCCC(O)C1=CC(=C(Br)Br)N(c2ccccc2)CO1. The second kappa shape index (κ2) is 7.29. The van der Waals surface area contributed by atoms with E-state index >= 15 is 0 Å². The first-order valence-corrected chi connectivity index (χ1v) is 8.12. The zero-order valence-corrected chi connectivity index (χ0v) is 14.4. The number of aliphatic hydroxyl groups is 1. The maximum Gasteiger partial charge on any atom is 0.165 e. The van der Waals surface area contributed by atoms with Crippen LogP contribution in [0.2, 0.25) is 0 Å². The Labute approximate surface area is 136 Å². The second-order valence-electron chi connectivity index (χ2n) is 4.53. The van der Waals surface area contributed by atoms with Crippen molar-refractivity contribution < 1.29 is 9.84 Å². The number of rotatable bonds is 4. The molecule has 0 bridgehead atoms. The van der Waals surface area contributed by atoms with Gasteiger partial charge in [-0.15, -0.1) is 0 Å². The van der Waals surface area contributed by atoms with E-state index < -0.39 is 6.10 Å². The van der Waals surface area contributed by atoms with Gasteiger partial charge in [-0.25, -0.2) is 0 Å². The summed E-state index contributed by atoms with van der Waals surface area (Å²) in [6, 6.07) is 9.99. The first-order chi connectivity index (χ1) is 9.63. The first-order valence-electron chi connectivity index (χ1n) is 6.53. The molecular formula is C15H17Br2NO2. The maximum absolute atomic E-state index is 10.1. The fourth-order valence-corrected chi connectivity index (χ4v) is 2.71. The third kappa shape index (κ3) is 3.65. The van der Waals surface area contributed by atoms with Crippen molar-refractivity contribution in [3.63, 3.8) is 0 Å². The lowest BCUT2D eigenvalue weighted by Crippen LogP contribution is -2.31. The van der Waals surface area contributed by atoms with Gasteiger partial charge >= 0.3 is 0 Å². The van der Waals surface area contributed by atoms with Gasteiger partial charge in [0.25, 0.3) is 0 Å². The van der Waals surface area contributed by atoms with Gasteiger partial charge in [0, 0.05) is 11.8 Å². The number of ether oxygens (including phenoxy) is 1. The van der Waals surface area contributed by atoms with Crippen LogP contribution in [0.4, 0.5) is 5.69 Å². The molecule has 20 heavy (non-hydrogen) atoms. The van der Waals surface area contributed by atoms with Crippen molar-refractivity contribution in [2.45, 2.75) is 25.9 Å². The molecule has 1 aromatic carbocycles. The minimum atomic E-state index is -0.549. The summed E-state index contributed by atoms with van der Waals surface area (Å²) >= 11 is 6.92. The topological polar surface area (TPSA) is 32.7 Å². The Bertz CT molecular complexity index is 510. The lowest BCUT2D eigenvalue weighted by molar-refractivity contribution is 0.0926. The van der Waals surface area contributed by atoms with E-state index in [1.165, 1.54) is 0 Å². The number of para-hydroxylation sites is 1. The zero-order valence-electron chi connectivity index (χ0n) is 11.2. The highest BCUT2D eigenvalue weighted by molar-refractivity contribution is 9.28. The van der Waals surface area contributed by atoms with Gasteiger partial charge in [-0.3, -0.25) is 0 Å². The van der Waals surface area contributed by atoms with Crippen LogP contribution < -0.4 is 4.90 Å². The molecule has 0 saturated heterocycles. The molecule has 1 heterocycles. The van der Waals surface area contributed by atoms with Gasteiger partial charge in [0.1, 0.15) is 11.9 Å². The predicted molar refractivity (Wildman–Crippen MR) is 88.8 cm³/mol. The summed E-state index contributed by atoms with van der Waals surface area (Å²) < 4.78 is 6.53. The number of aliphatic hydroxyl groups excluding tert-OH is 1. The molecule has 1 atom stereocenters. The quantitative estimate of drug-likeness (QED) is 0.805. The summed E-state index contributed by atoms with van der Waals surface area (Å²) in [6.45, 7) is 2.42.